The zero-order chi connectivity index (χ0) is 31.5. The lowest BCUT2D eigenvalue weighted by Crippen LogP contribution is -2.44. The van der Waals surface area contributed by atoms with Gasteiger partial charge in [0.25, 0.3) is 0 Å². The summed E-state index contributed by atoms with van der Waals surface area (Å²) < 4.78 is 19.1. The van der Waals surface area contributed by atoms with E-state index < -0.39 is 5.97 Å². The Labute approximate surface area is 268 Å². The first-order chi connectivity index (χ1) is 22.5. The molecule has 7 rings (SSSR count). The number of aromatic carboxylic acids is 1. The third-order valence-electron chi connectivity index (χ3n) is 9.20. The zero-order valence-corrected chi connectivity index (χ0v) is 26.1. The molecule has 1 atom stereocenters. The number of carboxylic acids is 1. The van der Waals surface area contributed by atoms with Crippen molar-refractivity contribution < 1.29 is 24.1 Å². The fraction of sp³-hybridized carbons (Fsp3) is 0.400. The van der Waals surface area contributed by atoms with Crippen LogP contribution in [-0.4, -0.2) is 83.3 Å². The lowest BCUT2D eigenvalue weighted by molar-refractivity contribution is -0.0439. The number of nitrogens with one attached hydrogen (secondary N) is 1. The van der Waals surface area contributed by atoms with E-state index in [1.165, 1.54) is 0 Å². The number of hydrogen-bond acceptors (Lipinski definition) is 9. The molecule has 3 aliphatic rings. The molecule has 0 spiro atoms. The van der Waals surface area contributed by atoms with E-state index in [9.17, 15) is 9.90 Å². The standard InChI is InChI=1S/C35H40N6O5/c1-44-16-14-41-32-17-24(5-6-27(32)19-37-41)23-46-34-4-2-3-30(38-34)25-9-12-39(13-10-25)21-28-20-36-31-8-7-26(35(42)43)18-33(31)40(28)22-29-11-15-45-29/h2-8,17-20,25,29,36H,9-16,21-23H2,1H3,(H,42,43)/t29-/m0/s1. The minimum atomic E-state index is -0.924. The van der Waals surface area contributed by atoms with Crippen molar-refractivity contribution in [3.8, 4) is 5.88 Å². The van der Waals surface area contributed by atoms with Crippen molar-refractivity contribution in [2.24, 2.45) is 0 Å². The number of methoxy groups -OCH3 is 1. The predicted octanol–water partition coefficient (Wildman–Crippen LogP) is 5.10. The summed E-state index contributed by atoms with van der Waals surface area (Å²) in [7, 11) is 1.70. The number of anilines is 2. The summed E-state index contributed by atoms with van der Waals surface area (Å²) in [6, 6.07) is 17.6. The molecule has 0 amide bonds. The molecule has 11 nitrogen and oxygen atoms in total. The Balaban J connectivity index is 0.966. The highest BCUT2D eigenvalue weighted by Gasteiger charge is 2.30. The molecule has 5 heterocycles. The number of hydrogen-bond donors (Lipinski definition) is 2. The van der Waals surface area contributed by atoms with Crippen LogP contribution in [0.25, 0.3) is 10.9 Å². The van der Waals surface area contributed by atoms with E-state index in [1.54, 1.807) is 19.2 Å². The van der Waals surface area contributed by atoms with Gasteiger partial charge in [-0.05, 0) is 68.2 Å². The number of carboxylic acid groups (broad SMARTS) is 1. The van der Waals surface area contributed by atoms with Crippen molar-refractivity contribution in [3.63, 3.8) is 0 Å². The molecule has 0 saturated carbocycles. The average Bonchev–Trinajstić information content (AvgIpc) is 3.47. The van der Waals surface area contributed by atoms with Gasteiger partial charge in [-0.1, -0.05) is 18.2 Å². The Morgan fingerprint density at radius 1 is 1.11 bits per heavy atom. The van der Waals surface area contributed by atoms with Gasteiger partial charge in [0.2, 0.25) is 5.88 Å². The van der Waals surface area contributed by atoms with E-state index in [-0.39, 0.29) is 11.7 Å². The van der Waals surface area contributed by atoms with Crippen molar-refractivity contribution in [1.29, 1.82) is 0 Å². The number of benzene rings is 2. The SMILES string of the molecule is COCCn1ncc2ccc(COc3cccc(C4CCN(CC5=CNc6ccc(C(=O)O)cc6N5C[C@@H]5CCO5)CC4)n3)cc21. The molecule has 0 aliphatic carbocycles. The maximum absolute atomic E-state index is 11.7. The van der Waals surface area contributed by atoms with Gasteiger partial charge in [-0.25, -0.2) is 9.78 Å². The molecular weight excluding hydrogens is 584 g/mol. The molecular formula is C35H40N6O5. The summed E-state index contributed by atoms with van der Waals surface area (Å²) in [5.74, 6) is 0.0787. The highest BCUT2D eigenvalue weighted by Crippen LogP contribution is 2.36. The second-order valence-electron chi connectivity index (χ2n) is 12.2. The van der Waals surface area contributed by atoms with Crippen LogP contribution in [0.15, 0.2) is 72.7 Å². The van der Waals surface area contributed by atoms with E-state index in [2.05, 4.69) is 50.7 Å². The highest BCUT2D eigenvalue weighted by molar-refractivity contribution is 5.92. The molecule has 4 aromatic rings. The van der Waals surface area contributed by atoms with Crippen LogP contribution >= 0.6 is 0 Å². The molecule has 11 heteroatoms. The van der Waals surface area contributed by atoms with Crippen LogP contribution in [0, 0.1) is 0 Å². The number of carbonyl (C=O) groups is 1. The molecule has 2 aromatic carbocycles. The lowest BCUT2D eigenvalue weighted by Gasteiger charge is -2.40. The number of piperidine rings is 1. The largest absolute Gasteiger partial charge is 0.478 e. The molecule has 0 unspecified atom stereocenters. The first kappa shape index (κ1) is 30.2. The summed E-state index contributed by atoms with van der Waals surface area (Å²) in [6.45, 7) is 5.90. The Morgan fingerprint density at radius 2 is 1.98 bits per heavy atom. The van der Waals surface area contributed by atoms with Crippen molar-refractivity contribution in [3.05, 3.63) is 89.5 Å². The maximum atomic E-state index is 11.7. The van der Waals surface area contributed by atoms with Gasteiger partial charge in [-0.3, -0.25) is 9.58 Å². The van der Waals surface area contributed by atoms with Crippen LogP contribution in [0.3, 0.4) is 0 Å². The van der Waals surface area contributed by atoms with Crippen molar-refractivity contribution in [2.75, 3.05) is 56.7 Å². The van der Waals surface area contributed by atoms with E-state index in [4.69, 9.17) is 19.2 Å². The first-order valence-corrected chi connectivity index (χ1v) is 16.0. The minimum absolute atomic E-state index is 0.154. The summed E-state index contributed by atoms with van der Waals surface area (Å²) in [5, 5.41) is 18.6. The van der Waals surface area contributed by atoms with Gasteiger partial charge in [0.05, 0.1) is 47.9 Å². The van der Waals surface area contributed by atoms with Crippen molar-refractivity contribution in [2.45, 2.75) is 44.4 Å². The maximum Gasteiger partial charge on any atom is 0.335 e. The van der Waals surface area contributed by atoms with E-state index in [1.807, 2.05) is 29.1 Å². The third-order valence-corrected chi connectivity index (χ3v) is 9.20. The van der Waals surface area contributed by atoms with Crippen molar-refractivity contribution >= 4 is 28.2 Å². The second kappa shape index (κ2) is 13.5. The van der Waals surface area contributed by atoms with Crippen LogP contribution in [0.5, 0.6) is 5.88 Å². The fourth-order valence-corrected chi connectivity index (χ4v) is 6.46. The molecule has 2 saturated heterocycles. The Hall–Kier alpha value is -4.45. The van der Waals surface area contributed by atoms with Gasteiger partial charge in [0.15, 0.2) is 0 Å². The van der Waals surface area contributed by atoms with E-state index in [0.29, 0.717) is 38.1 Å². The number of likely N-dealkylation sites (tertiary alicyclic amines) is 1. The summed E-state index contributed by atoms with van der Waals surface area (Å²) in [6.07, 6.45) is 7.12. The molecule has 240 valence electrons. The van der Waals surface area contributed by atoms with Gasteiger partial charge >= 0.3 is 5.97 Å². The molecule has 3 aliphatic heterocycles. The number of ether oxygens (including phenoxy) is 3. The van der Waals surface area contributed by atoms with Crippen molar-refractivity contribution in [1.82, 2.24) is 19.7 Å². The minimum Gasteiger partial charge on any atom is -0.478 e. The first-order valence-electron chi connectivity index (χ1n) is 16.0. The van der Waals surface area contributed by atoms with E-state index >= 15 is 0 Å². The monoisotopic (exact) mass is 624 g/mol. The summed E-state index contributed by atoms with van der Waals surface area (Å²) in [4.78, 5) is 21.3. The fourth-order valence-electron chi connectivity index (χ4n) is 6.46. The number of nitrogens with zero attached hydrogens (tertiary/aromatic N) is 5. The Bertz CT molecular complexity index is 1730. The smallest absolute Gasteiger partial charge is 0.335 e. The quantitative estimate of drug-likeness (QED) is 0.221. The Morgan fingerprint density at radius 3 is 2.76 bits per heavy atom. The molecule has 0 radical (unpaired) electrons. The molecule has 2 N–H and O–H groups in total. The molecule has 0 bridgehead atoms. The van der Waals surface area contributed by atoms with Gasteiger partial charge < -0.3 is 29.5 Å². The number of pyridine rings is 1. The molecule has 2 aromatic heterocycles. The molecule has 2 fully saturated rings. The number of fused-ring (bicyclic) bond motifs is 2. The highest BCUT2D eigenvalue weighted by atomic mass is 16.5. The van der Waals surface area contributed by atoms with Crippen LogP contribution < -0.4 is 15.0 Å². The van der Waals surface area contributed by atoms with E-state index in [0.717, 1.165) is 84.7 Å². The van der Waals surface area contributed by atoms with Crippen LogP contribution in [0.2, 0.25) is 0 Å². The van der Waals surface area contributed by atoms with Gasteiger partial charge in [-0.15, -0.1) is 0 Å². The average molecular weight is 625 g/mol. The number of rotatable bonds is 12. The normalized spacial score (nSPS) is 18.5. The van der Waals surface area contributed by atoms with Crippen LogP contribution in [0.4, 0.5) is 11.4 Å². The topological polar surface area (TPSA) is 114 Å². The zero-order valence-electron chi connectivity index (χ0n) is 26.1. The molecule has 46 heavy (non-hydrogen) atoms. The van der Waals surface area contributed by atoms with Crippen LogP contribution in [-0.2, 0) is 22.6 Å². The van der Waals surface area contributed by atoms with Gasteiger partial charge in [0, 0.05) is 61.8 Å². The second-order valence-corrected chi connectivity index (χ2v) is 12.2. The summed E-state index contributed by atoms with van der Waals surface area (Å²) in [5.41, 5.74) is 6.42. The summed E-state index contributed by atoms with van der Waals surface area (Å²) >= 11 is 0. The Kier molecular flexibility index (Phi) is 8.87. The number of aromatic nitrogens is 3. The third kappa shape index (κ3) is 6.57. The van der Waals surface area contributed by atoms with Gasteiger partial charge in [0.1, 0.15) is 6.61 Å². The van der Waals surface area contributed by atoms with Gasteiger partial charge in [-0.2, -0.15) is 5.10 Å². The predicted molar refractivity (Wildman–Crippen MR) is 175 cm³/mol. The van der Waals surface area contributed by atoms with Crippen LogP contribution in [0.1, 0.15) is 46.8 Å². The lowest BCUT2D eigenvalue weighted by atomic mass is 9.93.